The van der Waals surface area contributed by atoms with Gasteiger partial charge in [0.25, 0.3) is 0 Å². The van der Waals surface area contributed by atoms with Crippen LogP contribution >= 0.6 is 11.6 Å². The number of nitrogens with zero attached hydrogens (tertiary/aromatic N) is 3. The zero-order chi connectivity index (χ0) is 21.7. The van der Waals surface area contributed by atoms with E-state index in [2.05, 4.69) is 15.5 Å². The van der Waals surface area contributed by atoms with Crippen LogP contribution in [0.1, 0.15) is 23.5 Å². The summed E-state index contributed by atoms with van der Waals surface area (Å²) in [7, 11) is 1.54. The maximum absolute atomic E-state index is 12.3. The molecule has 0 saturated carbocycles. The fourth-order valence-electron chi connectivity index (χ4n) is 3.89. The number of rotatable bonds is 3. The van der Waals surface area contributed by atoms with Gasteiger partial charge in [-0.15, -0.1) is 10.2 Å². The third-order valence-corrected chi connectivity index (χ3v) is 5.67. The summed E-state index contributed by atoms with van der Waals surface area (Å²) in [5.41, 5.74) is 4.07. The van der Waals surface area contributed by atoms with Crippen molar-refractivity contribution in [2.45, 2.75) is 12.3 Å². The molecule has 156 valence electrons. The van der Waals surface area contributed by atoms with Gasteiger partial charge in [0.2, 0.25) is 5.91 Å². The topological polar surface area (TPSA) is 110 Å². The summed E-state index contributed by atoms with van der Waals surface area (Å²) in [5.74, 6) is -0.407. The lowest BCUT2D eigenvalue weighted by molar-refractivity contribution is -0.116. The lowest BCUT2D eigenvalue weighted by Gasteiger charge is -2.26. The zero-order valence-electron chi connectivity index (χ0n) is 16.3. The normalized spacial score (nSPS) is 15.5. The SMILES string of the molecule is COc1ccc(-n2nc3ccc4c(c3n2)[C@H](c2ccc(O)c(O)c2)CC(=O)N4)cc1Cl. The van der Waals surface area contributed by atoms with E-state index in [0.29, 0.717) is 38.7 Å². The highest BCUT2D eigenvalue weighted by molar-refractivity contribution is 6.32. The average Bonchev–Trinajstić information content (AvgIpc) is 3.19. The van der Waals surface area contributed by atoms with Gasteiger partial charge < -0.3 is 20.3 Å². The van der Waals surface area contributed by atoms with Crippen LogP contribution in [0, 0.1) is 0 Å². The highest BCUT2D eigenvalue weighted by atomic mass is 35.5. The highest BCUT2D eigenvalue weighted by Crippen LogP contribution is 2.42. The number of phenolic OH excluding ortho intramolecular Hbond substituents is 2. The van der Waals surface area contributed by atoms with Crippen LogP contribution in [0.5, 0.6) is 17.2 Å². The Balaban J connectivity index is 1.68. The van der Waals surface area contributed by atoms with Gasteiger partial charge in [-0.2, -0.15) is 4.80 Å². The zero-order valence-corrected chi connectivity index (χ0v) is 17.1. The van der Waals surface area contributed by atoms with Gasteiger partial charge in [0.05, 0.1) is 17.8 Å². The number of phenols is 2. The monoisotopic (exact) mass is 436 g/mol. The lowest BCUT2D eigenvalue weighted by Crippen LogP contribution is -2.23. The van der Waals surface area contributed by atoms with Gasteiger partial charge in [-0.1, -0.05) is 17.7 Å². The van der Waals surface area contributed by atoms with Crippen molar-refractivity contribution in [1.29, 1.82) is 0 Å². The minimum atomic E-state index is -0.358. The van der Waals surface area contributed by atoms with Gasteiger partial charge >= 0.3 is 0 Å². The number of aromatic nitrogens is 3. The number of hydrogen-bond acceptors (Lipinski definition) is 6. The maximum atomic E-state index is 12.3. The number of fused-ring (bicyclic) bond motifs is 3. The molecular weight excluding hydrogens is 420 g/mol. The summed E-state index contributed by atoms with van der Waals surface area (Å²) in [6.07, 6.45) is 0.178. The summed E-state index contributed by atoms with van der Waals surface area (Å²) in [6, 6.07) is 13.4. The van der Waals surface area contributed by atoms with Crippen molar-refractivity contribution in [3.63, 3.8) is 0 Å². The molecule has 3 N–H and O–H groups in total. The van der Waals surface area contributed by atoms with E-state index >= 15 is 0 Å². The van der Waals surface area contributed by atoms with Crippen LogP contribution in [0.4, 0.5) is 5.69 Å². The number of hydrogen-bond donors (Lipinski definition) is 3. The molecule has 1 aliphatic rings. The number of carbonyl (C=O) groups excluding carboxylic acids is 1. The minimum absolute atomic E-state index is 0.140. The molecule has 5 rings (SSSR count). The number of benzene rings is 3. The number of methoxy groups -OCH3 is 1. The predicted octanol–water partition coefficient (Wildman–Crippen LogP) is 3.97. The Morgan fingerprint density at radius 3 is 2.68 bits per heavy atom. The van der Waals surface area contributed by atoms with E-state index in [0.717, 1.165) is 5.56 Å². The smallest absolute Gasteiger partial charge is 0.225 e. The third kappa shape index (κ3) is 3.21. The van der Waals surface area contributed by atoms with E-state index in [-0.39, 0.29) is 29.7 Å². The minimum Gasteiger partial charge on any atom is -0.504 e. The number of anilines is 1. The average molecular weight is 437 g/mol. The van der Waals surface area contributed by atoms with E-state index in [4.69, 9.17) is 16.3 Å². The van der Waals surface area contributed by atoms with Crippen LogP contribution in [0.2, 0.25) is 5.02 Å². The second-order valence-electron chi connectivity index (χ2n) is 7.26. The van der Waals surface area contributed by atoms with Gasteiger partial charge in [0.15, 0.2) is 11.5 Å². The molecular formula is C22H17ClN4O4. The molecule has 0 aliphatic carbocycles. The number of ether oxygens (including phenoxy) is 1. The second-order valence-corrected chi connectivity index (χ2v) is 7.66. The fraction of sp³-hybridized carbons (Fsp3) is 0.136. The van der Waals surface area contributed by atoms with Crippen molar-refractivity contribution in [1.82, 2.24) is 15.0 Å². The predicted molar refractivity (Wildman–Crippen MR) is 115 cm³/mol. The standard InChI is InChI=1S/C22H17ClN4O4/c1-31-19-7-3-12(9-14(19)23)27-25-16-5-4-15-21(22(16)26-27)13(10-20(30)24-15)11-2-6-17(28)18(29)8-11/h2-9,13,28-29H,10H2,1H3,(H,24,30)/t13-/m0/s1. The first-order valence-corrected chi connectivity index (χ1v) is 9.88. The van der Waals surface area contributed by atoms with Crippen LogP contribution in [0.15, 0.2) is 48.5 Å². The Morgan fingerprint density at radius 2 is 1.94 bits per heavy atom. The molecule has 31 heavy (non-hydrogen) atoms. The summed E-state index contributed by atoms with van der Waals surface area (Å²) in [4.78, 5) is 13.8. The molecule has 0 spiro atoms. The number of halogens is 1. The highest BCUT2D eigenvalue weighted by Gasteiger charge is 2.30. The Kier molecular flexibility index (Phi) is 4.44. The van der Waals surface area contributed by atoms with Crippen molar-refractivity contribution in [2.75, 3.05) is 12.4 Å². The molecule has 0 saturated heterocycles. The van der Waals surface area contributed by atoms with Crippen molar-refractivity contribution < 1.29 is 19.7 Å². The van der Waals surface area contributed by atoms with E-state index in [1.54, 1.807) is 43.5 Å². The maximum Gasteiger partial charge on any atom is 0.225 e. The largest absolute Gasteiger partial charge is 0.504 e. The van der Waals surface area contributed by atoms with E-state index in [9.17, 15) is 15.0 Å². The van der Waals surface area contributed by atoms with Gasteiger partial charge in [-0.3, -0.25) is 4.79 Å². The lowest BCUT2D eigenvalue weighted by atomic mass is 9.84. The molecule has 0 unspecified atom stereocenters. The van der Waals surface area contributed by atoms with Crippen molar-refractivity contribution in [3.8, 4) is 22.9 Å². The van der Waals surface area contributed by atoms with Crippen LogP contribution in [0.25, 0.3) is 16.7 Å². The van der Waals surface area contributed by atoms with Crippen molar-refractivity contribution in [3.05, 3.63) is 64.7 Å². The molecule has 2 heterocycles. The number of aromatic hydroxyl groups is 2. The molecule has 0 bridgehead atoms. The van der Waals surface area contributed by atoms with Gasteiger partial charge in [-0.05, 0) is 48.0 Å². The first kappa shape index (κ1) is 19.2. The molecule has 0 fully saturated rings. The molecule has 1 aromatic heterocycles. The first-order chi connectivity index (χ1) is 14.9. The Labute approximate surface area is 181 Å². The van der Waals surface area contributed by atoms with Gasteiger partial charge in [0.1, 0.15) is 16.8 Å². The molecule has 1 atom stereocenters. The quantitative estimate of drug-likeness (QED) is 0.419. The fourth-order valence-corrected chi connectivity index (χ4v) is 4.14. The Morgan fingerprint density at radius 1 is 1.10 bits per heavy atom. The van der Waals surface area contributed by atoms with Crippen LogP contribution in [-0.4, -0.2) is 38.2 Å². The van der Waals surface area contributed by atoms with Crippen molar-refractivity contribution in [2.24, 2.45) is 0 Å². The number of carbonyl (C=O) groups is 1. The van der Waals surface area contributed by atoms with Crippen LogP contribution in [0.3, 0.4) is 0 Å². The third-order valence-electron chi connectivity index (χ3n) is 5.37. The van der Waals surface area contributed by atoms with E-state index in [1.807, 2.05) is 0 Å². The molecule has 3 aromatic carbocycles. The van der Waals surface area contributed by atoms with Crippen molar-refractivity contribution >= 4 is 34.2 Å². The number of nitrogens with one attached hydrogen (secondary N) is 1. The van der Waals surface area contributed by atoms with E-state index in [1.165, 1.54) is 16.9 Å². The Bertz CT molecular complexity index is 1350. The van der Waals surface area contributed by atoms with Crippen LogP contribution in [-0.2, 0) is 4.79 Å². The molecule has 9 heteroatoms. The first-order valence-electron chi connectivity index (χ1n) is 9.50. The second kappa shape index (κ2) is 7.17. The van der Waals surface area contributed by atoms with Gasteiger partial charge in [0, 0.05) is 23.6 Å². The molecule has 1 aliphatic heterocycles. The number of amides is 1. The Hall–Kier alpha value is -3.78. The van der Waals surface area contributed by atoms with Gasteiger partial charge in [-0.25, -0.2) is 0 Å². The summed E-state index contributed by atoms with van der Waals surface area (Å²) in [6.45, 7) is 0. The summed E-state index contributed by atoms with van der Waals surface area (Å²) < 4.78 is 5.20. The summed E-state index contributed by atoms with van der Waals surface area (Å²) >= 11 is 6.25. The molecule has 1 amide bonds. The summed E-state index contributed by atoms with van der Waals surface area (Å²) in [5, 5.41) is 32.2. The van der Waals surface area contributed by atoms with E-state index < -0.39 is 0 Å². The van der Waals surface area contributed by atoms with Crippen LogP contribution < -0.4 is 10.1 Å². The molecule has 8 nitrogen and oxygen atoms in total. The molecule has 4 aromatic rings. The molecule has 0 radical (unpaired) electrons.